The first-order valence-corrected chi connectivity index (χ1v) is 6.70. The molecule has 0 radical (unpaired) electrons. The fraction of sp³-hybridized carbons (Fsp3) is 0.312. The van der Waals surface area contributed by atoms with E-state index >= 15 is 0 Å². The van der Waals surface area contributed by atoms with Crippen molar-refractivity contribution in [3.63, 3.8) is 0 Å². The molecule has 1 aromatic heterocycles. The molecular weight excluding hydrogens is 252 g/mol. The van der Waals surface area contributed by atoms with Crippen LogP contribution in [0.15, 0.2) is 30.3 Å². The maximum Gasteiger partial charge on any atom is 0.268 e. The average Bonchev–Trinajstić information content (AvgIpc) is 2.72. The first-order valence-electron chi connectivity index (χ1n) is 6.70. The SMILES string of the molecule is Cc1[nH]c(C(=O)NCc2ccccc2)c(C)c1C(C)O. The molecule has 1 heterocycles. The number of aliphatic hydroxyl groups is 1. The van der Waals surface area contributed by atoms with Crippen molar-refractivity contribution in [2.75, 3.05) is 0 Å². The third-order valence-corrected chi connectivity index (χ3v) is 3.44. The second-order valence-electron chi connectivity index (χ2n) is 5.01. The quantitative estimate of drug-likeness (QED) is 0.801. The van der Waals surface area contributed by atoms with E-state index in [2.05, 4.69) is 10.3 Å². The number of amides is 1. The fourth-order valence-electron chi connectivity index (χ4n) is 2.48. The van der Waals surface area contributed by atoms with Crippen molar-refractivity contribution in [3.05, 3.63) is 58.4 Å². The van der Waals surface area contributed by atoms with Gasteiger partial charge in [-0.2, -0.15) is 0 Å². The molecule has 2 aromatic rings. The van der Waals surface area contributed by atoms with Crippen LogP contribution in [0.25, 0.3) is 0 Å². The summed E-state index contributed by atoms with van der Waals surface area (Å²) in [5.41, 5.74) is 4.02. The third kappa shape index (κ3) is 2.91. The number of nitrogens with one attached hydrogen (secondary N) is 2. The zero-order valence-electron chi connectivity index (χ0n) is 12.0. The van der Waals surface area contributed by atoms with Crippen molar-refractivity contribution < 1.29 is 9.90 Å². The largest absolute Gasteiger partial charge is 0.389 e. The highest BCUT2D eigenvalue weighted by atomic mass is 16.3. The van der Waals surface area contributed by atoms with Crippen LogP contribution in [0, 0.1) is 13.8 Å². The van der Waals surface area contributed by atoms with E-state index in [9.17, 15) is 9.90 Å². The van der Waals surface area contributed by atoms with Crippen LogP contribution in [0.1, 0.15) is 45.9 Å². The molecule has 1 amide bonds. The van der Waals surface area contributed by atoms with Crippen LogP contribution < -0.4 is 5.32 Å². The summed E-state index contributed by atoms with van der Waals surface area (Å²) in [5.74, 6) is -0.152. The number of aromatic amines is 1. The summed E-state index contributed by atoms with van der Waals surface area (Å²) in [7, 11) is 0. The molecule has 0 aliphatic carbocycles. The average molecular weight is 272 g/mol. The van der Waals surface area contributed by atoms with Crippen molar-refractivity contribution in [3.8, 4) is 0 Å². The first kappa shape index (κ1) is 14.3. The van der Waals surface area contributed by atoms with Crippen molar-refractivity contribution in [2.45, 2.75) is 33.4 Å². The van der Waals surface area contributed by atoms with Crippen LogP contribution in [-0.2, 0) is 6.54 Å². The maximum absolute atomic E-state index is 12.2. The summed E-state index contributed by atoms with van der Waals surface area (Å²) in [6.07, 6.45) is -0.582. The Morgan fingerprint density at radius 1 is 1.30 bits per heavy atom. The smallest absolute Gasteiger partial charge is 0.268 e. The molecule has 0 aliphatic rings. The molecule has 0 fully saturated rings. The molecular formula is C16H20N2O2. The van der Waals surface area contributed by atoms with E-state index in [-0.39, 0.29) is 5.91 Å². The Balaban J connectivity index is 2.12. The van der Waals surface area contributed by atoms with Gasteiger partial charge >= 0.3 is 0 Å². The Morgan fingerprint density at radius 2 is 1.95 bits per heavy atom. The normalized spacial score (nSPS) is 12.2. The topological polar surface area (TPSA) is 65.1 Å². The first-order chi connectivity index (χ1) is 9.50. The second-order valence-corrected chi connectivity index (χ2v) is 5.01. The number of benzene rings is 1. The monoisotopic (exact) mass is 272 g/mol. The Hall–Kier alpha value is -2.07. The molecule has 1 aromatic carbocycles. The number of aryl methyl sites for hydroxylation is 1. The van der Waals surface area contributed by atoms with E-state index in [1.807, 2.05) is 44.2 Å². The van der Waals surface area contributed by atoms with Gasteiger partial charge < -0.3 is 15.4 Å². The lowest BCUT2D eigenvalue weighted by molar-refractivity contribution is 0.0945. The molecule has 2 rings (SSSR count). The summed E-state index contributed by atoms with van der Waals surface area (Å²) in [5, 5.41) is 12.6. The van der Waals surface area contributed by atoms with Crippen LogP contribution in [0.2, 0.25) is 0 Å². The molecule has 0 spiro atoms. The van der Waals surface area contributed by atoms with Gasteiger partial charge in [-0.25, -0.2) is 0 Å². The molecule has 0 bridgehead atoms. The Kier molecular flexibility index (Phi) is 4.25. The van der Waals surface area contributed by atoms with Crippen molar-refractivity contribution in [1.29, 1.82) is 0 Å². The van der Waals surface area contributed by atoms with E-state index in [1.165, 1.54) is 0 Å². The maximum atomic E-state index is 12.2. The molecule has 4 nitrogen and oxygen atoms in total. The summed E-state index contributed by atoms with van der Waals surface area (Å²) in [6.45, 7) is 5.90. The minimum absolute atomic E-state index is 0.152. The zero-order valence-corrected chi connectivity index (χ0v) is 12.0. The highest BCUT2D eigenvalue weighted by Crippen LogP contribution is 2.24. The van der Waals surface area contributed by atoms with E-state index in [0.717, 1.165) is 22.4 Å². The number of hydrogen-bond donors (Lipinski definition) is 3. The van der Waals surface area contributed by atoms with E-state index in [1.54, 1.807) is 6.92 Å². The molecule has 3 N–H and O–H groups in total. The van der Waals surface area contributed by atoms with Crippen LogP contribution in [0.4, 0.5) is 0 Å². The molecule has 1 atom stereocenters. The predicted molar refractivity (Wildman–Crippen MR) is 78.5 cm³/mol. The van der Waals surface area contributed by atoms with Gasteiger partial charge in [-0.15, -0.1) is 0 Å². The predicted octanol–water partition coefficient (Wildman–Crippen LogP) is 2.61. The number of carbonyl (C=O) groups is 1. The highest BCUT2D eigenvalue weighted by molar-refractivity contribution is 5.94. The van der Waals surface area contributed by atoms with Crippen LogP contribution in [-0.4, -0.2) is 16.0 Å². The highest BCUT2D eigenvalue weighted by Gasteiger charge is 2.19. The molecule has 1 unspecified atom stereocenters. The van der Waals surface area contributed by atoms with Crippen LogP contribution >= 0.6 is 0 Å². The van der Waals surface area contributed by atoms with Crippen molar-refractivity contribution in [2.24, 2.45) is 0 Å². The standard InChI is InChI=1S/C16H20N2O2/c1-10-14(12(3)19)11(2)18-15(10)16(20)17-9-13-7-5-4-6-8-13/h4-8,12,18-19H,9H2,1-3H3,(H,17,20). The number of H-pyrrole nitrogens is 1. The Bertz CT molecular complexity index is 600. The van der Waals surface area contributed by atoms with E-state index < -0.39 is 6.10 Å². The molecule has 106 valence electrons. The zero-order chi connectivity index (χ0) is 14.7. The Morgan fingerprint density at radius 3 is 2.50 bits per heavy atom. The molecule has 0 saturated carbocycles. The minimum atomic E-state index is -0.582. The number of hydrogen-bond acceptors (Lipinski definition) is 2. The second kappa shape index (κ2) is 5.92. The van der Waals surface area contributed by atoms with Gasteiger partial charge in [-0.3, -0.25) is 4.79 Å². The van der Waals surface area contributed by atoms with E-state index in [0.29, 0.717) is 12.2 Å². The van der Waals surface area contributed by atoms with Gasteiger partial charge in [0.2, 0.25) is 0 Å². The molecule has 0 saturated heterocycles. The number of rotatable bonds is 4. The molecule has 4 heteroatoms. The minimum Gasteiger partial charge on any atom is -0.389 e. The molecule has 0 aliphatic heterocycles. The van der Waals surface area contributed by atoms with Gasteiger partial charge in [0.05, 0.1) is 6.10 Å². The summed E-state index contributed by atoms with van der Waals surface area (Å²) in [6, 6.07) is 9.76. The van der Waals surface area contributed by atoms with Crippen LogP contribution in [0.5, 0.6) is 0 Å². The lowest BCUT2D eigenvalue weighted by Crippen LogP contribution is -2.23. The molecule has 20 heavy (non-hydrogen) atoms. The van der Waals surface area contributed by atoms with Crippen LogP contribution in [0.3, 0.4) is 0 Å². The Labute approximate surface area is 118 Å². The van der Waals surface area contributed by atoms with Gasteiger partial charge in [-0.1, -0.05) is 30.3 Å². The van der Waals surface area contributed by atoms with Gasteiger partial charge in [-0.05, 0) is 31.9 Å². The summed E-state index contributed by atoms with van der Waals surface area (Å²) >= 11 is 0. The fourth-order valence-corrected chi connectivity index (χ4v) is 2.48. The third-order valence-electron chi connectivity index (χ3n) is 3.44. The van der Waals surface area contributed by atoms with Crippen molar-refractivity contribution >= 4 is 5.91 Å². The summed E-state index contributed by atoms with van der Waals surface area (Å²) in [4.78, 5) is 15.3. The van der Waals surface area contributed by atoms with Crippen molar-refractivity contribution in [1.82, 2.24) is 10.3 Å². The van der Waals surface area contributed by atoms with Gasteiger partial charge in [0.15, 0.2) is 0 Å². The summed E-state index contributed by atoms with van der Waals surface area (Å²) < 4.78 is 0. The number of aromatic nitrogens is 1. The lowest BCUT2D eigenvalue weighted by atomic mass is 10.1. The van der Waals surface area contributed by atoms with E-state index in [4.69, 9.17) is 0 Å². The number of aliphatic hydroxyl groups excluding tert-OH is 1. The van der Waals surface area contributed by atoms with Gasteiger partial charge in [0.25, 0.3) is 5.91 Å². The van der Waals surface area contributed by atoms with Gasteiger partial charge in [0.1, 0.15) is 5.69 Å². The van der Waals surface area contributed by atoms with Gasteiger partial charge in [0, 0.05) is 17.8 Å². The number of carbonyl (C=O) groups excluding carboxylic acids is 1. The lowest BCUT2D eigenvalue weighted by Gasteiger charge is -2.06.